The van der Waals surface area contributed by atoms with Crippen molar-refractivity contribution in [3.05, 3.63) is 23.3 Å². The summed E-state index contributed by atoms with van der Waals surface area (Å²) in [4.78, 5) is 0. The predicted molar refractivity (Wildman–Crippen MR) is 125 cm³/mol. The fourth-order valence-electron chi connectivity index (χ4n) is 8.04. The van der Waals surface area contributed by atoms with Gasteiger partial charge in [-0.25, -0.2) is 0 Å². The summed E-state index contributed by atoms with van der Waals surface area (Å²) in [6.45, 7) is 14.5. The van der Waals surface area contributed by atoms with Gasteiger partial charge in [0.2, 0.25) is 0 Å². The van der Waals surface area contributed by atoms with Crippen molar-refractivity contribution < 1.29 is 10.2 Å². The molecule has 4 rings (SSSR count). The predicted octanol–water partition coefficient (Wildman–Crippen LogP) is 6.53. The maximum atomic E-state index is 11.0. The first-order valence-electron chi connectivity index (χ1n) is 12.8. The highest BCUT2D eigenvalue weighted by Gasteiger charge is 2.57. The lowest BCUT2D eigenvalue weighted by molar-refractivity contribution is -0.0172. The molecule has 0 aromatic carbocycles. The fraction of sp³-hybridized carbons (Fsp3) is 0.857. The second-order valence-corrected chi connectivity index (χ2v) is 12.3. The van der Waals surface area contributed by atoms with E-state index in [0.717, 1.165) is 42.4 Å². The van der Waals surface area contributed by atoms with Gasteiger partial charge in [0, 0.05) is 11.8 Å². The van der Waals surface area contributed by atoms with Crippen LogP contribution in [0.25, 0.3) is 0 Å². The third kappa shape index (κ3) is 3.45. The number of hydrogen-bond donors (Lipinski definition) is 2. The minimum atomic E-state index is -0.445. The van der Waals surface area contributed by atoms with Crippen LogP contribution in [-0.2, 0) is 0 Å². The highest BCUT2D eigenvalue weighted by atomic mass is 16.3. The van der Waals surface area contributed by atoms with Crippen molar-refractivity contribution in [3.8, 4) is 0 Å². The van der Waals surface area contributed by atoms with Gasteiger partial charge in [0.15, 0.2) is 0 Å². The molecule has 0 saturated heterocycles. The van der Waals surface area contributed by atoms with Crippen molar-refractivity contribution in [1.29, 1.82) is 0 Å². The standard InChI is InChI=1S/C28H46O2/c1-17(2)18(3)7-8-19(4)23-11-12-24-22-10-9-20-15-21(29)16-26(30)28(20,6)25(22)13-14-27(23,24)5/h9,13,17-19,21-24,26,29-30H,7-8,10-12,14-16H2,1-6H3. The van der Waals surface area contributed by atoms with Crippen LogP contribution in [0, 0.1) is 46.3 Å². The lowest BCUT2D eigenvalue weighted by atomic mass is 9.50. The molecule has 0 spiro atoms. The Balaban J connectivity index is 1.55. The van der Waals surface area contributed by atoms with E-state index >= 15 is 0 Å². The first-order chi connectivity index (χ1) is 14.1. The SMILES string of the molecule is CC(C)C(C)CCC(C)C1CCC2C3CC=C4CC(O)CC(O)C4(C)C3=CCC12C. The Labute approximate surface area is 185 Å². The summed E-state index contributed by atoms with van der Waals surface area (Å²) < 4.78 is 0. The van der Waals surface area contributed by atoms with E-state index in [1.807, 2.05) is 0 Å². The number of hydrogen-bond acceptors (Lipinski definition) is 2. The molecule has 170 valence electrons. The summed E-state index contributed by atoms with van der Waals surface area (Å²) >= 11 is 0. The summed E-state index contributed by atoms with van der Waals surface area (Å²) in [5.41, 5.74) is 2.99. The summed E-state index contributed by atoms with van der Waals surface area (Å²) in [7, 11) is 0. The first-order valence-corrected chi connectivity index (χ1v) is 12.8. The van der Waals surface area contributed by atoms with E-state index in [1.165, 1.54) is 43.3 Å². The van der Waals surface area contributed by atoms with Crippen LogP contribution in [-0.4, -0.2) is 22.4 Å². The van der Waals surface area contributed by atoms with Crippen LogP contribution in [0.1, 0.15) is 92.9 Å². The summed E-state index contributed by atoms with van der Waals surface area (Å²) in [5, 5.41) is 21.3. The van der Waals surface area contributed by atoms with Crippen LogP contribution >= 0.6 is 0 Å². The number of rotatable bonds is 5. The van der Waals surface area contributed by atoms with Gasteiger partial charge in [-0.1, -0.05) is 70.8 Å². The zero-order valence-corrected chi connectivity index (χ0v) is 20.3. The average Bonchev–Trinajstić information content (AvgIpc) is 3.04. The molecule has 2 nitrogen and oxygen atoms in total. The van der Waals surface area contributed by atoms with Gasteiger partial charge in [-0.05, 0) is 80.0 Å². The molecule has 4 aliphatic carbocycles. The van der Waals surface area contributed by atoms with Crippen LogP contribution in [0.15, 0.2) is 23.3 Å². The fourth-order valence-corrected chi connectivity index (χ4v) is 8.04. The van der Waals surface area contributed by atoms with Crippen molar-refractivity contribution in [3.63, 3.8) is 0 Å². The molecule has 2 saturated carbocycles. The summed E-state index contributed by atoms with van der Waals surface area (Å²) in [6, 6.07) is 0. The van der Waals surface area contributed by atoms with E-state index in [-0.39, 0.29) is 11.5 Å². The number of aliphatic hydroxyl groups excluding tert-OH is 2. The minimum absolute atomic E-state index is 0.236. The molecular weight excluding hydrogens is 368 g/mol. The molecule has 0 aromatic heterocycles. The van der Waals surface area contributed by atoms with Crippen molar-refractivity contribution in [2.45, 2.75) is 105 Å². The van der Waals surface area contributed by atoms with Crippen molar-refractivity contribution >= 4 is 0 Å². The van der Waals surface area contributed by atoms with Crippen LogP contribution in [0.4, 0.5) is 0 Å². The topological polar surface area (TPSA) is 40.5 Å². The molecule has 2 heteroatoms. The second kappa shape index (κ2) is 8.07. The van der Waals surface area contributed by atoms with E-state index in [1.54, 1.807) is 0 Å². The Kier molecular flexibility index (Phi) is 6.08. The van der Waals surface area contributed by atoms with E-state index in [0.29, 0.717) is 17.8 Å². The lowest BCUT2D eigenvalue weighted by Gasteiger charge is -2.55. The van der Waals surface area contributed by atoms with Gasteiger partial charge in [0.25, 0.3) is 0 Å². The summed E-state index contributed by atoms with van der Waals surface area (Å²) in [5.74, 6) is 4.58. The number of aliphatic hydroxyl groups is 2. The molecule has 0 bridgehead atoms. The highest BCUT2D eigenvalue weighted by Crippen LogP contribution is 2.65. The van der Waals surface area contributed by atoms with Crippen LogP contribution < -0.4 is 0 Å². The number of fused-ring (bicyclic) bond motifs is 5. The average molecular weight is 415 g/mol. The molecule has 0 radical (unpaired) electrons. The van der Waals surface area contributed by atoms with Gasteiger partial charge in [-0.2, -0.15) is 0 Å². The van der Waals surface area contributed by atoms with E-state index in [2.05, 4.69) is 53.7 Å². The Morgan fingerprint density at radius 3 is 2.47 bits per heavy atom. The highest BCUT2D eigenvalue weighted by molar-refractivity contribution is 5.41. The maximum Gasteiger partial charge on any atom is 0.0693 e. The van der Waals surface area contributed by atoms with Crippen molar-refractivity contribution in [2.75, 3.05) is 0 Å². The lowest BCUT2D eigenvalue weighted by Crippen LogP contribution is -2.50. The van der Waals surface area contributed by atoms with Crippen molar-refractivity contribution in [1.82, 2.24) is 0 Å². The van der Waals surface area contributed by atoms with Gasteiger partial charge in [-0.15, -0.1) is 0 Å². The molecule has 0 aliphatic heterocycles. The second-order valence-electron chi connectivity index (χ2n) is 12.3. The molecule has 9 unspecified atom stereocenters. The third-order valence-electron chi connectivity index (χ3n) is 10.5. The maximum absolute atomic E-state index is 11.0. The molecule has 0 amide bonds. The van der Waals surface area contributed by atoms with E-state index in [4.69, 9.17) is 0 Å². The van der Waals surface area contributed by atoms with E-state index < -0.39 is 6.10 Å². The zero-order chi connectivity index (χ0) is 21.8. The van der Waals surface area contributed by atoms with Gasteiger partial charge in [-0.3, -0.25) is 0 Å². The normalized spacial score (nSPS) is 45.2. The van der Waals surface area contributed by atoms with Gasteiger partial charge >= 0.3 is 0 Å². The monoisotopic (exact) mass is 414 g/mol. The van der Waals surface area contributed by atoms with Gasteiger partial charge in [0.05, 0.1) is 12.2 Å². The quantitative estimate of drug-likeness (QED) is 0.502. The molecule has 30 heavy (non-hydrogen) atoms. The smallest absolute Gasteiger partial charge is 0.0693 e. The first kappa shape index (κ1) is 22.6. The Hall–Kier alpha value is -0.600. The molecule has 4 aliphatic rings. The van der Waals surface area contributed by atoms with Crippen LogP contribution in [0.5, 0.6) is 0 Å². The largest absolute Gasteiger partial charge is 0.393 e. The Morgan fingerprint density at radius 2 is 1.77 bits per heavy atom. The van der Waals surface area contributed by atoms with Gasteiger partial charge < -0.3 is 10.2 Å². The molecule has 9 atom stereocenters. The van der Waals surface area contributed by atoms with Gasteiger partial charge in [0.1, 0.15) is 0 Å². The minimum Gasteiger partial charge on any atom is -0.393 e. The van der Waals surface area contributed by atoms with Crippen molar-refractivity contribution in [2.24, 2.45) is 46.3 Å². The molecular formula is C28H46O2. The molecule has 0 heterocycles. The van der Waals surface area contributed by atoms with Crippen LogP contribution in [0.2, 0.25) is 0 Å². The van der Waals surface area contributed by atoms with E-state index in [9.17, 15) is 10.2 Å². The number of allylic oxidation sites excluding steroid dienone is 2. The zero-order valence-electron chi connectivity index (χ0n) is 20.3. The molecule has 0 aromatic rings. The third-order valence-corrected chi connectivity index (χ3v) is 10.5. The Bertz CT molecular complexity index is 705. The molecule has 2 fully saturated rings. The Morgan fingerprint density at radius 1 is 1.03 bits per heavy atom. The van der Waals surface area contributed by atoms with Crippen LogP contribution in [0.3, 0.4) is 0 Å². The summed E-state index contributed by atoms with van der Waals surface area (Å²) in [6.07, 6.45) is 13.1. The molecule has 2 N–H and O–H groups in total.